The first kappa shape index (κ1) is 15.0. The van der Waals surface area contributed by atoms with E-state index < -0.39 is 0 Å². The number of anilines is 1. The van der Waals surface area contributed by atoms with E-state index in [0.717, 1.165) is 43.6 Å². The van der Waals surface area contributed by atoms with Crippen molar-refractivity contribution in [2.24, 2.45) is 5.41 Å². The lowest BCUT2D eigenvalue weighted by molar-refractivity contribution is -0.127. The van der Waals surface area contributed by atoms with E-state index in [4.69, 9.17) is 5.11 Å². The number of hydrogen-bond acceptors (Lipinski definition) is 3. The average molecular weight is 276 g/mol. The van der Waals surface area contributed by atoms with Crippen LogP contribution in [-0.4, -0.2) is 30.7 Å². The number of nitrogens with one attached hydrogen (secondary N) is 2. The minimum atomic E-state index is -0.227. The van der Waals surface area contributed by atoms with Crippen LogP contribution in [0.25, 0.3) is 0 Å². The third-order valence-electron chi connectivity index (χ3n) is 4.33. The number of carbonyl (C=O) groups is 1. The van der Waals surface area contributed by atoms with Crippen LogP contribution in [0.3, 0.4) is 0 Å². The van der Waals surface area contributed by atoms with Crippen LogP contribution in [0.5, 0.6) is 0 Å². The van der Waals surface area contributed by atoms with Crippen molar-refractivity contribution in [3.05, 3.63) is 29.8 Å². The highest BCUT2D eigenvalue weighted by Gasteiger charge is 2.37. The van der Waals surface area contributed by atoms with E-state index in [2.05, 4.69) is 17.6 Å². The molecule has 1 aromatic rings. The molecule has 0 bridgehead atoms. The normalized spacial score (nSPS) is 17.7. The van der Waals surface area contributed by atoms with Gasteiger partial charge in [-0.05, 0) is 56.5 Å². The first-order chi connectivity index (χ1) is 9.70. The van der Waals surface area contributed by atoms with Crippen molar-refractivity contribution in [1.82, 2.24) is 5.32 Å². The lowest BCUT2D eigenvalue weighted by Crippen LogP contribution is -2.44. The van der Waals surface area contributed by atoms with Gasteiger partial charge in [0.25, 0.3) is 0 Å². The molecule has 2 rings (SSSR count). The van der Waals surface area contributed by atoms with Gasteiger partial charge in [-0.1, -0.05) is 19.1 Å². The first-order valence-corrected chi connectivity index (χ1v) is 7.42. The standard InChI is InChI=1S/C16H24N2O2/c1-2-16(8-10-17-11-9-16)15(20)18-14-5-3-13(4-6-14)7-12-19/h3-6,17,19H,2,7-12H2,1H3,(H,18,20). The van der Waals surface area contributed by atoms with Crippen molar-refractivity contribution in [2.45, 2.75) is 32.6 Å². The molecule has 110 valence electrons. The summed E-state index contributed by atoms with van der Waals surface area (Å²) in [7, 11) is 0. The van der Waals surface area contributed by atoms with Gasteiger partial charge in [0.15, 0.2) is 0 Å². The van der Waals surface area contributed by atoms with Crippen LogP contribution in [0.4, 0.5) is 5.69 Å². The van der Waals surface area contributed by atoms with Crippen molar-refractivity contribution >= 4 is 11.6 Å². The molecular formula is C16H24N2O2. The minimum absolute atomic E-state index is 0.136. The molecule has 20 heavy (non-hydrogen) atoms. The molecule has 4 nitrogen and oxygen atoms in total. The molecule has 0 aromatic heterocycles. The summed E-state index contributed by atoms with van der Waals surface area (Å²) >= 11 is 0. The monoisotopic (exact) mass is 276 g/mol. The van der Waals surface area contributed by atoms with Gasteiger partial charge in [0.05, 0.1) is 5.41 Å². The third-order valence-corrected chi connectivity index (χ3v) is 4.33. The van der Waals surface area contributed by atoms with Crippen molar-refractivity contribution < 1.29 is 9.90 Å². The molecule has 1 amide bonds. The Morgan fingerprint density at radius 1 is 1.30 bits per heavy atom. The summed E-state index contributed by atoms with van der Waals surface area (Å²) in [5.74, 6) is 0.136. The second-order valence-electron chi connectivity index (χ2n) is 5.51. The molecule has 0 radical (unpaired) electrons. The number of benzene rings is 1. The molecule has 3 N–H and O–H groups in total. The van der Waals surface area contributed by atoms with Crippen LogP contribution in [-0.2, 0) is 11.2 Å². The highest BCUT2D eigenvalue weighted by atomic mass is 16.2. The Hall–Kier alpha value is -1.39. The van der Waals surface area contributed by atoms with Crippen LogP contribution >= 0.6 is 0 Å². The number of piperidine rings is 1. The molecule has 1 aliphatic heterocycles. The van der Waals surface area contributed by atoms with Crippen molar-refractivity contribution in [3.8, 4) is 0 Å². The van der Waals surface area contributed by atoms with Gasteiger partial charge < -0.3 is 15.7 Å². The molecule has 1 fully saturated rings. The van der Waals surface area contributed by atoms with E-state index in [0.29, 0.717) is 6.42 Å². The molecule has 0 unspecified atom stereocenters. The second-order valence-corrected chi connectivity index (χ2v) is 5.51. The van der Waals surface area contributed by atoms with E-state index >= 15 is 0 Å². The molecule has 1 aliphatic rings. The summed E-state index contributed by atoms with van der Waals surface area (Å²) in [5.41, 5.74) is 1.69. The van der Waals surface area contributed by atoms with E-state index in [1.54, 1.807) is 0 Å². The Morgan fingerprint density at radius 2 is 1.95 bits per heavy atom. The van der Waals surface area contributed by atoms with Crippen molar-refractivity contribution in [3.63, 3.8) is 0 Å². The first-order valence-electron chi connectivity index (χ1n) is 7.42. The quantitative estimate of drug-likeness (QED) is 0.770. The fraction of sp³-hybridized carbons (Fsp3) is 0.562. The summed E-state index contributed by atoms with van der Waals surface area (Å²) in [4.78, 5) is 12.6. The van der Waals surface area contributed by atoms with E-state index in [-0.39, 0.29) is 17.9 Å². The van der Waals surface area contributed by atoms with E-state index in [9.17, 15) is 4.79 Å². The summed E-state index contributed by atoms with van der Waals surface area (Å²) in [6, 6.07) is 7.72. The van der Waals surface area contributed by atoms with Crippen LogP contribution in [0.1, 0.15) is 31.7 Å². The Labute approximate surface area is 120 Å². The Kier molecular flexibility index (Phi) is 5.15. The molecule has 1 aromatic carbocycles. The van der Waals surface area contributed by atoms with Gasteiger partial charge in [-0.15, -0.1) is 0 Å². The maximum atomic E-state index is 12.6. The molecular weight excluding hydrogens is 252 g/mol. The van der Waals surface area contributed by atoms with Gasteiger partial charge in [-0.3, -0.25) is 4.79 Å². The summed E-state index contributed by atoms with van der Waals surface area (Å²) in [5, 5.41) is 15.2. The fourth-order valence-electron chi connectivity index (χ4n) is 2.79. The van der Waals surface area contributed by atoms with E-state index in [1.165, 1.54) is 0 Å². The van der Waals surface area contributed by atoms with Gasteiger partial charge in [-0.2, -0.15) is 0 Å². The Balaban J connectivity index is 2.02. The maximum Gasteiger partial charge on any atom is 0.230 e. The smallest absolute Gasteiger partial charge is 0.230 e. The third kappa shape index (κ3) is 3.38. The van der Waals surface area contributed by atoms with Crippen molar-refractivity contribution in [2.75, 3.05) is 25.0 Å². The highest BCUT2D eigenvalue weighted by molar-refractivity contribution is 5.95. The molecule has 4 heteroatoms. The number of carbonyl (C=O) groups excluding carboxylic acids is 1. The SMILES string of the molecule is CCC1(C(=O)Nc2ccc(CCO)cc2)CCNCC1. The van der Waals surface area contributed by atoms with Gasteiger partial charge in [0, 0.05) is 12.3 Å². The predicted molar refractivity (Wildman–Crippen MR) is 80.7 cm³/mol. The number of aliphatic hydroxyl groups is 1. The topological polar surface area (TPSA) is 61.4 Å². The molecule has 0 spiro atoms. The zero-order chi connectivity index (χ0) is 14.4. The second kappa shape index (κ2) is 6.86. The predicted octanol–water partition coefficient (Wildman–Crippen LogP) is 1.94. The van der Waals surface area contributed by atoms with Gasteiger partial charge in [-0.25, -0.2) is 0 Å². The van der Waals surface area contributed by atoms with Crippen LogP contribution in [0.2, 0.25) is 0 Å². The molecule has 0 aliphatic carbocycles. The van der Waals surface area contributed by atoms with E-state index in [1.807, 2.05) is 24.3 Å². The Bertz CT molecular complexity index is 436. The zero-order valence-electron chi connectivity index (χ0n) is 12.1. The minimum Gasteiger partial charge on any atom is -0.396 e. The number of amides is 1. The summed E-state index contributed by atoms with van der Waals surface area (Å²) in [6.07, 6.45) is 3.33. The summed E-state index contributed by atoms with van der Waals surface area (Å²) in [6.45, 7) is 4.07. The average Bonchev–Trinajstić information content (AvgIpc) is 2.50. The van der Waals surface area contributed by atoms with Crippen molar-refractivity contribution in [1.29, 1.82) is 0 Å². The van der Waals surface area contributed by atoms with Gasteiger partial charge >= 0.3 is 0 Å². The zero-order valence-corrected chi connectivity index (χ0v) is 12.1. The highest BCUT2D eigenvalue weighted by Crippen LogP contribution is 2.33. The van der Waals surface area contributed by atoms with Gasteiger partial charge in [0.1, 0.15) is 0 Å². The van der Waals surface area contributed by atoms with Crippen LogP contribution in [0, 0.1) is 5.41 Å². The number of aliphatic hydroxyl groups excluding tert-OH is 1. The van der Waals surface area contributed by atoms with Gasteiger partial charge in [0.2, 0.25) is 5.91 Å². The molecule has 0 saturated carbocycles. The molecule has 1 saturated heterocycles. The van der Waals surface area contributed by atoms with Crippen LogP contribution < -0.4 is 10.6 Å². The summed E-state index contributed by atoms with van der Waals surface area (Å²) < 4.78 is 0. The number of hydrogen-bond donors (Lipinski definition) is 3. The molecule has 0 atom stereocenters. The fourth-order valence-corrected chi connectivity index (χ4v) is 2.79. The Morgan fingerprint density at radius 3 is 2.50 bits per heavy atom. The lowest BCUT2D eigenvalue weighted by Gasteiger charge is -2.35. The van der Waals surface area contributed by atoms with Crippen LogP contribution in [0.15, 0.2) is 24.3 Å². The number of rotatable bonds is 5. The maximum absolute atomic E-state index is 12.6. The lowest BCUT2D eigenvalue weighted by atomic mass is 9.76. The molecule has 1 heterocycles. The largest absolute Gasteiger partial charge is 0.396 e.